The van der Waals surface area contributed by atoms with E-state index >= 15 is 0 Å². The monoisotopic (exact) mass is 213 g/mol. The molecule has 0 aromatic carbocycles. The summed E-state index contributed by atoms with van der Waals surface area (Å²) in [5, 5.41) is 12.9. The molecule has 1 aromatic heterocycles. The largest absolute Gasteiger partial charge is 0.396 e. The standard InChI is InChI=1S/C9H15N3OS/c1-7(5-13)4-10-8-3-9(14-2)12-6-11-8/h3,6-7,13H,4-5H2,1-2H3,(H,10,11,12). The lowest BCUT2D eigenvalue weighted by atomic mass is 10.2. The molecule has 0 amide bonds. The Kier molecular flexibility index (Phi) is 4.69. The lowest BCUT2D eigenvalue weighted by Gasteiger charge is -2.09. The van der Waals surface area contributed by atoms with Crippen molar-refractivity contribution in [2.75, 3.05) is 24.7 Å². The number of rotatable bonds is 5. The third-order valence-electron chi connectivity index (χ3n) is 1.79. The van der Waals surface area contributed by atoms with Gasteiger partial charge in [0.25, 0.3) is 0 Å². The SMILES string of the molecule is CSc1cc(NCC(C)CO)ncn1. The van der Waals surface area contributed by atoms with Crippen molar-refractivity contribution in [1.29, 1.82) is 0 Å². The average Bonchev–Trinajstić information content (AvgIpc) is 2.26. The fraction of sp³-hybridized carbons (Fsp3) is 0.556. The summed E-state index contributed by atoms with van der Waals surface area (Å²) >= 11 is 1.58. The second-order valence-corrected chi connectivity index (χ2v) is 3.94. The van der Waals surface area contributed by atoms with Crippen molar-refractivity contribution in [2.45, 2.75) is 11.9 Å². The zero-order chi connectivity index (χ0) is 10.4. The van der Waals surface area contributed by atoms with Gasteiger partial charge in [0.05, 0.1) is 0 Å². The summed E-state index contributed by atoms with van der Waals surface area (Å²) in [6.45, 7) is 2.89. The summed E-state index contributed by atoms with van der Waals surface area (Å²) in [5.74, 6) is 1.05. The third kappa shape index (κ3) is 3.51. The van der Waals surface area contributed by atoms with Crippen LogP contribution in [0.25, 0.3) is 0 Å². The fourth-order valence-corrected chi connectivity index (χ4v) is 1.27. The van der Waals surface area contributed by atoms with Crippen LogP contribution in [0.1, 0.15) is 6.92 Å². The molecule has 0 bridgehead atoms. The molecule has 0 saturated heterocycles. The Hall–Kier alpha value is -0.810. The lowest BCUT2D eigenvalue weighted by molar-refractivity contribution is 0.244. The molecule has 1 rings (SSSR count). The van der Waals surface area contributed by atoms with Gasteiger partial charge in [-0.3, -0.25) is 0 Å². The molecule has 0 spiro atoms. The van der Waals surface area contributed by atoms with Crippen molar-refractivity contribution in [2.24, 2.45) is 5.92 Å². The van der Waals surface area contributed by atoms with E-state index in [9.17, 15) is 0 Å². The zero-order valence-corrected chi connectivity index (χ0v) is 9.21. The zero-order valence-electron chi connectivity index (χ0n) is 8.40. The van der Waals surface area contributed by atoms with Crippen LogP contribution >= 0.6 is 11.8 Å². The Morgan fingerprint density at radius 3 is 3.00 bits per heavy atom. The van der Waals surface area contributed by atoms with Gasteiger partial charge in [0.1, 0.15) is 17.2 Å². The van der Waals surface area contributed by atoms with Gasteiger partial charge < -0.3 is 10.4 Å². The van der Waals surface area contributed by atoms with E-state index in [0.717, 1.165) is 17.4 Å². The van der Waals surface area contributed by atoms with Gasteiger partial charge in [0, 0.05) is 19.2 Å². The summed E-state index contributed by atoms with van der Waals surface area (Å²) in [6.07, 6.45) is 3.51. The van der Waals surface area contributed by atoms with Crippen molar-refractivity contribution < 1.29 is 5.11 Å². The van der Waals surface area contributed by atoms with Crippen LogP contribution in [0.5, 0.6) is 0 Å². The minimum Gasteiger partial charge on any atom is -0.396 e. The summed E-state index contributed by atoms with van der Waals surface area (Å²) in [7, 11) is 0. The van der Waals surface area contributed by atoms with Gasteiger partial charge in [-0.05, 0) is 12.2 Å². The van der Waals surface area contributed by atoms with E-state index in [1.807, 2.05) is 19.2 Å². The number of anilines is 1. The summed E-state index contributed by atoms with van der Waals surface area (Å²) in [6, 6.07) is 1.90. The predicted octanol–water partition coefficient (Wildman–Crippen LogP) is 1.24. The number of hydrogen-bond acceptors (Lipinski definition) is 5. The fourth-order valence-electron chi connectivity index (χ4n) is 0.891. The number of nitrogens with one attached hydrogen (secondary N) is 1. The number of aromatic nitrogens is 2. The minimum atomic E-state index is 0.188. The lowest BCUT2D eigenvalue weighted by Crippen LogP contribution is -2.15. The number of hydrogen-bond donors (Lipinski definition) is 2. The van der Waals surface area contributed by atoms with Crippen LogP contribution in [0, 0.1) is 5.92 Å². The van der Waals surface area contributed by atoms with Crippen molar-refractivity contribution in [3.63, 3.8) is 0 Å². The first kappa shape index (κ1) is 11.3. The smallest absolute Gasteiger partial charge is 0.130 e. The molecule has 2 N–H and O–H groups in total. The van der Waals surface area contributed by atoms with Crippen LogP contribution in [0.2, 0.25) is 0 Å². The van der Waals surface area contributed by atoms with Crippen molar-refractivity contribution >= 4 is 17.6 Å². The second kappa shape index (κ2) is 5.82. The number of aliphatic hydroxyl groups is 1. The average molecular weight is 213 g/mol. The number of thioether (sulfide) groups is 1. The molecule has 5 heteroatoms. The quantitative estimate of drug-likeness (QED) is 0.569. The van der Waals surface area contributed by atoms with E-state index in [2.05, 4.69) is 15.3 Å². The summed E-state index contributed by atoms with van der Waals surface area (Å²) in [5.41, 5.74) is 0. The van der Waals surface area contributed by atoms with Crippen molar-refractivity contribution in [1.82, 2.24) is 9.97 Å². The van der Waals surface area contributed by atoms with Gasteiger partial charge in [-0.25, -0.2) is 9.97 Å². The van der Waals surface area contributed by atoms with E-state index in [1.54, 1.807) is 11.8 Å². The highest BCUT2D eigenvalue weighted by molar-refractivity contribution is 7.98. The first-order valence-corrected chi connectivity index (χ1v) is 5.69. The van der Waals surface area contributed by atoms with E-state index in [-0.39, 0.29) is 12.5 Å². The molecular weight excluding hydrogens is 198 g/mol. The highest BCUT2D eigenvalue weighted by atomic mass is 32.2. The third-order valence-corrected chi connectivity index (χ3v) is 2.44. The Morgan fingerprint density at radius 1 is 1.57 bits per heavy atom. The summed E-state index contributed by atoms with van der Waals surface area (Å²) < 4.78 is 0. The Labute approximate surface area is 88.2 Å². The van der Waals surface area contributed by atoms with E-state index in [0.29, 0.717) is 0 Å². The van der Waals surface area contributed by atoms with Gasteiger partial charge in [0.2, 0.25) is 0 Å². The van der Waals surface area contributed by atoms with Crippen molar-refractivity contribution in [3.8, 4) is 0 Å². The molecule has 0 aliphatic heterocycles. The van der Waals surface area contributed by atoms with Gasteiger partial charge in [-0.2, -0.15) is 0 Å². The normalized spacial score (nSPS) is 12.5. The molecule has 1 aromatic rings. The second-order valence-electron chi connectivity index (χ2n) is 3.11. The Morgan fingerprint density at radius 2 is 2.36 bits per heavy atom. The molecule has 1 atom stereocenters. The van der Waals surface area contributed by atoms with E-state index in [4.69, 9.17) is 5.11 Å². The van der Waals surface area contributed by atoms with Gasteiger partial charge in [-0.15, -0.1) is 11.8 Å². The van der Waals surface area contributed by atoms with Crippen molar-refractivity contribution in [3.05, 3.63) is 12.4 Å². The molecule has 0 fully saturated rings. The van der Waals surface area contributed by atoms with Crippen LogP contribution in [-0.2, 0) is 0 Å². The van der Waals surface area contributed by atoms with E-state index < -0.39 is 0 Å². The molecule has 0 aliphatic carbocycles. The summed E-state index contributed by atoms with van der Waals surface area (Å²) in [4.78, 5) is 8.14. The molecule has 0 radical (unpaired) electrons. The van der Waals surface area contributed by atoms with Crippen LogP contribution in [0.15, 0.2) is 17.4 Å². The van der Waals surface area contributed by atoms with E-state index in [1.165, 1.54) is 6.33 Å². The number of nitrogens with zero attached hydrogens (tertiary/aromatic N) is 2. The Balaban J connectivity index is 2.50. The van der Waals surface area contributed by atoms with Gasteiger partial charge >= 0.3 is 0 Å². The maximum Gasteiger partial charge on any atom is 0.130 e. The molecule has 1 heterocycles. The first-order chi connectivity index (χ1) is 6.76. The molecular formula is C9H15N3OS. The molecule has 1 unspecified atom stereocenters. The topological polar surface area (TPSA) is 58.0 Å². The minimum absolute atomic E-state index is 0.188. The van der Waals surface area contributed by atoms with Crippen LogP contribution in [0.3, 0.4) is 0 Å². The van der Waals surface area contributed by atoms with Crippen LogP contribution < -0.4 is 5.32 Å². The van der Waals surface area contributed by atoms with Crippen LogP contribution in [0.4, 0.5) is 5.82 Å². The molecule has 0 aliphatic rings. The highest BCUT2D eigenvalue weighted by Gasteiger charge is 2.01. The molecule has 14 heavy (non-hydrogen) atoms. The Bertz CT molecular complexity index is 283. The molecule has 78 valence electrons. The van der Waals surface area contributed by atoms with Crippen LogP contribution in [-0.4, -0.2) is 34.5 Å². The highest BCUT2D eigenvalue weighted by Crippen LogP contribution is 2.13. The number of aliphatic hydroxyl groups excluding tert-OH is 1. The predicted molar refractivity (Wildman–Crippen MR) is 58.6 cm³/mol. The maximum absolute atomic E-state index is 8.84. The van der Waals surface area contributed by atoms with Gasteiger partial charge in [-0.1, -0.05) is 6.92 Å². The molecule has 0 saturated carbocycles. The maximum atomic E-state index is 8.84. The van der Waals surface area contributed by atoms with Gasteiger partial charge in [0.15, 0.2) is 0 Å². The molecule has 4 nitrogen and oxygen atoms in total. The first-order valence-electron chi connectivity index (χ1n) is 4.47.